The van der Waals surface area contributed by atoms with Crippen LogP contribution < -0.4 is 5.32 Å². The van der Waals surface area contributed by atoms with Crippen LogP contribution in [0.15, 0.2) is 82.1 Å². The number of nitrogens with one attached hydrogen (secondary N) is 1. The van der Waals surface area contributed by atoms with Crippen LogP contribution >= 0.6 is 0 Å². The molecule has 0 saturated carbocycles. The maximum absolute atomic E-state index is 12.7. The van der Waals surface area contributed by atoms with Gasteiger partial charge >= 0.3 is 0 Å². The van der Waals surface area contributed by atoms with E-state index in [1.807, 2.05) is 38.1 Å². The third-order valence-electron chi connectivity index (χ3n) is 6.53. The van der Waals surface area contributed by atoms with E-state index in [9.17, 15) is 18.4 Å². The second-order valence-electron chi connectivity index (χ2n) is 8.96. The molecule has 190 valence electrons. The molecular formula is C28H33N3O4S. The molecule has 0 saturated heterocycles. The smallest absolute Gasteiger partial charge is 0.285 e. The molecule has 1 N–H and O–H groups in total. The van der Waals surface area contributed by atoms with Crippen molar-refractivity contribution in [2.24, 2.45) is 4.36 Å². The monoisotopic (exact) mass is 507 g/mol. The fourth-order valence-corrected chi connectivity index (χ4v) is 5.37. The zero-order chi connectivity index (χ0) is 26.3. The summed E-state index contributed by atoms with van der Waals surface area (Å²) in [6.07, 6.45) is 0. The summed E-state index contributed by atoms with van der Waals surface area (Å²) >= 11 is 0. The lowest BCUT2D eigenvalue weighted by Crippen LogP contribution is -2.51. The largest absolute Gasteiger partial charge is 0.760 e. The van der Waals surface area contributed by atoms with Gasteiger partial charge in [0.2, 0.25) is 0 Å². The lowest BCUT2D eigenvalue weighted by atomic mass is 10.1. The number of fused-ring (bicyclic) bond motifs is 1. The van der Waals surface area contributed by atoms with E-state index in [0.717, 1.165) is 40.9 Å². The Balaban J connectivity index is 0.000000249. The van der Waals surface area contributed by atoms with Crippen molar-refractivity contribution >= 4 is 27.5 Å². The predicted octanol–water partition coefficient (Wildman–Crippen LogP) is 5.10. The summed E-state index contributed by atoms with van der Waals surface area (Å²) in [5.41, 5.74) is 4.61. The summed E-state index contributed by atoms with van der Waals surface area (Å²) < 4.78 is 25.9. The molecule has 1 aliphatic heterocycles. The first kappa shape index (κ1) is 27.3. The van der Waals surface area contributed by atoms with Gasteiger partial charge in [-0.05, 0) is 51.0 Å². The van der Waals surface area contributed by atoms with Gasteiger partial charge in [0.15, 0.2) is 6.54 Å². The van der Waals surface area contributed by atoms with Crippen LogP contribution in [-0.2, 0) is 21.3 Å². The Morgan fingerprint density at radius 1 is 0.917 bits per heavy atom. The highest BCUT2D eigenvalue weighted by Gasteiger charge is 2.27. The van der Waals surface area contributed by atoms with Crippen LogP contribution in [0.5, 0.6) is 0 Å². The number of quaternary nitrogens is 1. The number of carbonyl (C=O) groups excluding carboxylic acids is 2. The fraction of sp³-hybridized carbons (Fsp3) is 0.286. The Hall–Kier alpha value is -3.33. The summed E-state index contributed by atoms with van der Waals surface area (Å²) in [5.74, 6) is -0.586. The van der Waals surface area contributed by atoms with E-state index >= 15 is 0 Å². The number of hydrogen-bond donors (Lipinski definition) is 1. The molecule has 0 aliphatic carbocycles. The minimum atomic E-state index is -3.68. The van der Waals surface area contributed by atoms with Gasteiger partial charge in [-0.2, -0.15) is 4.36 Å². The summed E-state index contributed by atoms with van der Waals surface area (Å²) in [6, 6.07) is 22.5. The Kier molecular flexibility index (Phi) is 8.79. The summed E-state index contributed by atoms with van der Waals surface area (Å²) in [7, 11) is -3.68. The first-order valence-electron chi connectivity index (χ1n) is 12.0. The molecule has 0 bridgehead atoms. The second kappa shape index (κ2) is 11.6. The van der Waals surface area contributed by atoms with Crippen molar-refractivity contribution in [3.63, 3.8) is 0 Å². The van der Waals surface area contributed by atoms with Gasteiger partial charge in [-0.25, -0.2) is 0 Å². The number of likely N-dealkylation sites (N-methyl/N-ethyl adjacent to an activating group) is 1. The van der Waals surface area contributed by atoms with Gasteiger partial charge in [-0.3, -0.25) is 13.8 Å². The van der Waals surface area contributed by atoms with Gasteiger partial charge in [0.1, 0.15) is 6.54 Å². The highest BCUT2D eigenvalue weighted by Crippen LogP contribution is 2.24. The number of anilines is 1. The molecule has 0 fully saturated rings. The Labute approximate surface area is 213 Å². The van der Waals surface area contributed by atoms with E-state index in [2.05, 4.69) is 47.8 Å². The summed E-state index contributed by atoms with van der Waals surface area (Å²) in [6.45, 7) is 11.7. The maximum Gasteiger partial charge on any atom is 0.285 e. The number of hydrogen-bond acceptors (Lipinski definition) is 4. The molecule has 1 aliphatic rings. The van der Waals surface area contributed by atoms with E-state index in [1.165, 1.54) is 17.7 Å². The van der Waals surface area contributed by atoms with Crippen molar-refractivity contribution < 1.29 is 22.8 Å². The number of carbonyl (C=O) groups is 2. The fourth-order valence-electron chi connectivity index (χ4n) is 4.27. The third kappa shape index (κ3) is 6.46. The molecule has 36 heavy (non-hydrogen) atoms. The topological polar surface area (TPSA) is 98.7 Å². The minimum absolute atomic E-state index is 0.00926. The third-order valence-corrected chi connectivity index (χ3v) is 7.84. The van der Waals surface area contributed by atoms with E-state index in [4.69, 9.17) is 0 Å². The van der Waals surface area contributed by atoms with Gasteiger partial charge in [0, 0.05) is 26.2 Å². The highest BCUT2D eigenvalue weighted by molar-refractivity contribution is 7.88. The van der Waals surface area contributed by atoms with Gasteiger partial charge in [0.25, 0.3) is 11.8 Å². The van der Waals surface area contributed by atoms with Crippen LogP contribution in [0.2, 0.25) is 0 Å². The van der Waals surface area contributed by atoms with Crippen LogP contribution in [-0.4, -0.2) is 44.7 Å². The Morgan fingerprint density at radius 2 is 1.50 bits per heavy atom. The minimum Gasteiger partial charge on any atom is -0.760 e. The van der Waals surface area contributed by atoms with Crippen LogP contribution in [0, 0.1) is 13.8 Å². The van der Waals surface area contributed by atoms with Crippen molar-refractivity contribution in [2.45, 2.75) is 39.1 Å². The molecule has 1 atom stereocenters. The average molecular weight is 508 g/mol. The van der Waals surface area contributed by atoms with E-state index in [1.54, 1.807) is 12.1 Å². The molecular weight excluding hydrogens is 474 g/mol. The molecule has 2 amide bonds. The molecule has 8 heteroatoms. The summed E-state index contributed by atoms with van der Waals surface area (Å²) in [4.78, 5) is 23.7. The number of aryl methyl sites for hydroxylation is 2. The molecule has 0 radical (unpaired) electrons. The van der Waals surface area contributed by atoms with Crippen molar-refractivity contribution in [1.29, 1.82) is 0 Å². The van der Waals surface area contributed by atoms with E-state index < -0.39 is 15.9 Å². The van der Waals surface area contributed by atoms with Crippen LogP contribution in [0.4, 0.5) is 5.69 Å². The Morgan fingerprint density at radius 3 is 2.08 bits per heavy atom. The molecule has 1 heterocycles. The molecule has 1 unspecified atom stereocenters. The molecule has 3 aromatic rings. The standard InChI is InChI=1S/C21H28N2O.C7H5NO3S/c1-5-23(6-2,15-19-13-8-7-9-14-19)16-20(24)22-21-17(3)11-10-12-18(21)4;9-7-5-3-1-2-4-6(5)12(10,11)8-7/h7-14H,5-6,15-16H2,1-4H3;1-4H,(H,8,9,10,11). The number of nitrogens with zero attached hydrogens (tertiary/aromatic N) is 2. The summed E-state index contributed by atoms with van der Waals surface area (Å²) in [5, 5.41) is 3.13. The normalized spacial score (nSPS) is 16.4. The van der Waals surface area contributed by atoms with E-state index in [0.29, 0.717) is 6.54 Å². The number of benzene rings is 3. The molecule has 3 aromatic carbocycles. The average Bonchev–Trinajstić information content (AvgIpc) is 3.10. The van der Waals surface area contributed by atoms with Gasteiger partial charge in [-0.1, -0.05) is 60.7 Å². The second-order valence-corrected chi connectivity index (χ2v) is 10.5. The molecule has 0 aromatic heterocycles. The zero-order valence-electron chi connectivity index (χ0n) is 21.2. The van der Waals surface area contributed by atoms with Crippen LogP contribution in [0.25, 0.3) is 0 Å². The van der Waals surface area contributed by atoms with Gasteiger partial charge in [0.05, 0.1) is 18.7 Å². The van der Waals surface area contributed by atoms with Gasteiger partial charge < -0.3 is 14.4 Å². The van der Waals surface area contributed by atoms with Crippen LogP contribution in [0.3, 0.4) is 0 Å². The van der Waals surface area contributed by atoms with Crippen molar-refractivity contribution in [3.05, 3.63) is 95.1 Å². The van der Waals surface area contributed by atoms with Crippen LogP contribution in [0.1, 0.15) is 40.9 Å². The lowest BCUT2D eigenvalue weighted by Gasteiger charge is -2.36. The number of rotatable bonds is 7. The maximum atomic E-state index is 12.7. The molecule has 0 spiro atoms. The highest BCUT2D eigenvalue weighted by atomic mass is 32.2. The zero-order valence-corrected chi connectivity index (χ0v) is 22.0. The van der Waals surface area contributed by atoms with E-state index in [-0.39, 0.29) is 16.4 Å². The molecule has 7 nitrogen and oxygen atoms in total. The van der Waals surface area contributed by atoms with Crippen molar-refractivity contribution in [3.8, 4) is 0 Å². The first-order chi connectivity index (χ1) is 17.1. The first-order valence-corrected chi connectivity index (χ1v) is 13.4. The van der Waals surface area contributed by atoms with Crippen molar-refractivity contribution in [1.82, 2.24) is 0 Å². The van der Waals surface area contributed by atoms with Gasteiger partial charge in [-0.15, -0.1) is 0 Å². The molecule has 4 rings (SSSR count). The number of amides is 2. The predicted molar refractivity (Wildman–Crippen MR) is 141 cm³/mol. The quantitative estimate of drug-likeness (QED) is 0.450. The van der Waals surface area contributed by atoms with Crippen molar-refractivity contribution in [2.75, 3.05) is 25.0 Å². The number of para-hydroxylation sites is 1. The lowest BCUT2D eigenvalue weighted by molar-refractivity contribution is -0.930. The Bertz CT molecular complexity index is 1340. The SMILES string of the molecule is CC[N+](CC)(CC(=O)Nc1c(C)cccc1C)Cc1ccccc1.O=C1N=S(=O)([O-])c2ccccc21.